The van der Waals surface area contributed by atoms with Gasteiger partial charge in [0.2, 0.25) is 0 Å². The van der Waals surface area contributed by atoms with Crippen LogP contribution in [0.2, 0.25) is 18.1 Å². The first-order valence-electron chi connectivity index (χ1n) is 9.52. The monoisotopic (exact) mass is 373 g/mol. The number of carbonyl (C=O) groups excluding carboxylic acids is 2. The standard InChI is InChI=1S/C21H31NO3Si/c1-13-8-15-10-19(23)18-11-16(25-26(6,7)21(3,4)5)12-22(18)20(24)17(15)9-14(13)2/h8-9,16,18H,10-12H2,1-7H3/t16-,18+/m1/s1. The lowest BCUT2D eigenvalue weighted by Crippen LogP contribution is -2.44. The molecule has 5 heteroatoms. The molecule has 0 saturated carbocycles. The minimum Gasteiger partial charge on any atom is -0.412 e. The van der Waals surface area contributed by atoms with Gasteiger partial charge in [0.25, 0.3) is 5.91 Å². The molecule has 0 aromatic heterocycles. The van der Waals surface area contributed by atoms with E-state index in [1.165, 1.54) is 0 Å². The summed E-state index contributed by atoms with van der Waals surface area (Å²) in [4.78, 5) is 27.8. The van der Waals surface area contributed by atoms with Gasteiger partial charge in [0.1, 0.15) is 0 Å². The summed E-state index contributed by atoms with van der Waals surface area (Å²) in [5.41, 5.74) is 3.79. The summed E-state index contributed by atoms with van der Waals surface area (Å²) in [6.07, 6.45) is 0.932. The highest BCUT2D eigenvalue weighted by Crippen LogP contribution is 2.39. The van der Waals surface area contributed by atoms with E-state index in [9.17, 15) is 9.59 Å². The predicted octanol–water partition coefficient (Wildman–Crippen LogP) is 4.03. The molecule has 2 heterocycles. The third-order valence-electron chi connectivity index (χ3n) is 6.48. The summed E-state index contributed by atoms with van der Waals surface area (Å²) in [6, 6.07) is 3.61. The summed E-state index contributed by atoms with van der Waals surface area (Å²) in [7, 11) is -1.93. The molecule has 0 unspecified atom stereocenters. The number of Topliss-reactive ketones (excluding diaryl/α,β-unsaturated/α-hetero) is 1. The minimum atomic E-state index is -1.93. The Kier molecular flexibility index (Phi) is 4.68. The van der Waals surface area contributed by atoms with Gasteiger partial charge in [0.05, 0.1) is 12.1 Å². The quantitative estimate of drug-likeness (QED) is 0.735. The van der Waals surface area contributed by atoms with Crippen molar-refractivity contribution < 1.29 is 14.0 Å². The smallest absolute Gasteiger partial charge is 0.254 e. The summed E-state index contributed by atoms with van der Waals surface area (Å²) in [6.45, 7) is 15.6. The maximum absolute atomic E-state index is 13.2. The lowest BCUT2D eigenvalue weighted by molar-refractivity contribution is -0.121. The van der Waals surface area contributed by atoms with Crippen molar-refractivity contribution in [1.29, 1.82) is 0 Å². The van der Waals surface area contributed by atoms with Crippen LogP contribution in [0, 0.1) is 13.8 Å². The second-order valence-corrected chi connectivity index (χ2v) is 14.2. The van der Waals surface area contributed by atoms with Crippen LogP contribution in [0.5, 0.6) is 0 Å². The molecule has 0 bridgehead atoms. The lowest BCUT2D eigenvalue weighted by Gasteiger charge is -2.38. The molecule has 1 aromatic rings. The van der Waals surface area contributed by atoms with Crippen molar-refractivity contribution in [3.05, 3.63) is 34.4 Å². The average Bonchev–Trinajstić information content (AvgIpc) is 2.88. The van der Waals surface area contributed by atoms with Gasteiger partial charge in [-0.1, -0.05) is 26.8 Å². The SMILES string of the molecule is Cc1cc2c(cc1C)C(=O)N1C[C@H](O[Si](C)(C)C(C)(C)C)C[C@H]1C(=O)C2. The molecule has 1 fully saturated rings. The van der Waals surface area contributed by atoms with E-state index in [1.807, 2.05) is 26.0 Å². The van der Waals surface area contributed by atoms with E-state index in [1.54, 1.807) is 4.90 Å². The van der Waals surface area contributed by atoms with Crippen molar-refractivity contribution in [3.8, 4) is 0 Å². The fourth-order valence-corrected chi connectivity index (χ4v) is 5.05. The maximum atomic E-state index is 13.2. The Morgan fingerprint density at radius 2 is 1.73 bits per heavy atom. The molecular weight excluding hydrogens is 342 g/mol. The van der Waals surface area contributed by atoms with Crippen molar-refractivity contribution >= 4 is 20.0 Å². The van der Waals surface area contributed by atoms with Gasteiger partial charge in [-0.25, -0.2) is 0 Å². The van der Waals surface area contributed by atoms with Gasteiger partial charge >= 0.3 is 0 Å². The zero-order valence-electron chi connectivity index (χ0n) is 17.1. The number of ketones is 1. The number of rotatable bonds is 2. The molecular formula is C21H31NO3Si. The molecule has 2 atom stereocenters. The van der Waals surface area contributed by atoms with Crippen LogP contribution in [0.25, 0.3) is 0 Å². The first-order chi connectivity index (χ1) is 11.9. The van der Waals surface area contributed by atoms with Gasteiger partial charge < -0.3 is 9.33 Å². The first kappa shape index (κ1) is 19.3. The Balaban J connectivity index is 1.88. The number of hydrogen-bond acceptors (Lipinski definition) is 3. The summed E-state index contributed by atoms with van der Waals surface area (Å²) < 4.78 is 6.52. The van der Waals surface area contributed by atoms with Gasteiger partial charge in [-0.2, -0.15) is 0 Å². The molecule has 26 heavy (non-hydrogen) atoms. The van der Waals surface area contributed by atoms with E-state index in [0.29, 0.717) is 24.9 Å². The largest absolute Gasteiger partial charge is 0.412 e. The fraction of sp³-hybridized carbons (Fsp3) is 0.619. The molecule has 0 radical (unpaired) electrons. The van der Waals surface area contributed by atoms with Gasteiger partial charge in [0, 0.05) is 24.9 Å². The molecule has 142 valence electrons. The Morgan fingerprint density at radius 3 is 2.35 bits per heavy atom. The van der Waals surface area contributed by atoms with Gasteiger partial charge in [0.15, 0.2) is 14.1 Å². The normalized spacial score (nSPS) is 23.7. The van der Waals surface area contributed by atoms with Gasteiger partial charge in [-0.3, -0.25) is 9.59 Å². The number of amides is 1. The molecule has 2 aliphatic rings. The van der Waals surface area contributed by atoms with Crippen LogP contribution in [0.3, 0.4) is 0 Å². The molecule has 2 aliphatic heterocycles. The predicted molar refractivity (Wildman–Crippen MR) is 106 cm³/mol. The molecule has 4 nitrogen and oxygen atoms in total. The molecule has 1 aromatic carbocycles. The number of hydrogen-bond donors (Lipinski definition) is 0. The van der Waals surface area contributed by atoms with Crippen LogP contribution in [0.1, 0.15) is 54.2 Å². The van der Waals surface area contributed by atoms with Crippen LogP contribution >= 0.6 is 0 Å². The van der Waals surface area contributed by atoms with Crippen molar-refractivity contribution in [1.82, 2.24) is 4.90 Å². The Hall–Kier alpha value is -1.46. The van der Waals surface area contributed by atoms with E-state index >= 15 is 0 Å². The number of nitrogens with zero attached hydrogens (tertiary/aromatic N) is 1. The van der Waals surface area contributed by atoms with Crippen LogP contribution in [0.4, 0.5) is 0 Å². The van der Waals surface area contributed by atoms with Crippen molar-refractivity contribution in [2.45, 2.75) is 77.7 Å². The minimum absolute atomic E-state index is 0.0136. The Labute approximate surface area is 158 Å². The molecule has 0 N–H and O–H groups in total. The fourth-order valence-electron chi connectivity index (χ4n) is 3.69. The highest BCUT2D eigenvalue weighted by Gasteiger charge is 2.46. The summed E-state index contributed by atoms with van der Waals surface area (Å²) >= 11 is 0. The van der Waals surface area contributed by atoms with E-state index in [-0.39, 0.29) is 28.9 Å². The Morgan fingerprint density at radius 1 is 1.12 bits per heavy atom. The van der Waals surface area contributed by atoms with Crippen molar-refractivity contribution in [3.63, 3.8) is 0 Å². The second kappa shape index (κ2) is 6.31. The zero-order chi connectivity index (χ0) is 19.4. The third kappa shape index (κ3) is 3.27. The van der Waals surface area contributed by atoms with Gasteiger partial charge in [-0.05, 0) is 54.7 Å². The van der Waals surface area contributed by atoms with E-state index in [4.69, 9.17) is 4.43 Å². The zero-order valence-corrected chi connectivity index (χ0v) is 18.1. The topological polar surface area (TPSA) is 46.6 Å². The van der Waals surface area contributed by atoms with E-state index in [2.05, 4.69) is 33.9 Å². The number of fused-ring (bicyclic) bond motifs is 2. The highest BCUT2D eigenvalue weighted by atomic mass is 28.4. The van der Waals surface area contributed by atoms with Crippen molar-refractivity contribution in [2.24, 2.45) is 0 Å². The van der Waals surface area contributed by atoms with Crippen LogP contribution in [-0.4, -0.2) is 43.6 Å². The summed E-state index contributed by atoms with van der Waals surface area (Å²) in [5.74, 6) is 0.127. The number of aryl methyl sites for hydroxylation is 2. The first-order valence-corrected chi connectivity index (χ1v) is 12.4. The van der Waals surface area contributed by atoms with Crippen molar-refractivity contribution in [2.75, 3.05) is 6.54 Å². The van der Waals surface area contributed by atoms with E-state index < -0.39 is 8.32 Å². The highest BCUT2D eigenvalue weighted by molar-refractivity contribution is 6.74. The molecule has 3 rings (SSSR count). The second-order valence-electron chi connectivity index (χ2n) is 9.45. The third-order valence-corrected chi connectivity index (χ3v) is 11.0. The molecule has 0 aliphatic carbocycles. The maximum Gasteiger partial charge on any atom is 0.254 e. The average molecular weight is 374 g/mol. The van der Waals surface area contributed by atoms with Crippen LogP contribution < -0.4 is 0 Å². The summed E-state index contributed by atoms with van der Waals surface area (Å²) in [5, 5.41) is 0.113. The van der Waals surface area contributed by atoms with Crippen LogP contribution in [0.15, 0.2) is 12.1 Å². The van der Waals surface area contributed by atoms with E-state index in [0.717, 1.165) is 16.7 Å². The number of carbonyl (C=O) groups is 2. The number of benzene rings is 1. The molecule has 1 amide bonds. The van der Waals surface area contributed by atoms with Crippen LogP contribution in [-0.2, 0) is 15.6 Å². The molecule has 1 saturated heterocycles. The Bertz CT molecular complexity index is 763. The molecule has 0 spiro atoms. The lowest BCUT2D eigenvalue weighted by atomic mass is 9.96. The van der Waals surface area contributed by atoms with Gasteiger partial charge in [-0.15, -0.1) is 0 Å².